The van der Waals surface area contributed by atoms with Crippen molar-refractivity contribution >= 4 is 17.2 Å². The molecular formula is C17H13N7O. The Balaban J connectivity index is 1.64. The van der Waals surface area contributed by atoms with Crippen LogP contribution in [-0.4, -0.2) is 35.7 Å². The van der Waals surface area contributed by atoms with Crippen LogP contribution in [0.25, 0.3) is 16.9 Å². The summed E-state index contributed by atoms with van der Waals surface area (Å²) >= 11 is 0. The highest BCUT2D eigenvalue weighted by atomic mass is 16.1. The largest absolute Gasteiger partial charge is 0.321 e. The molecule has 0 unspecified atom stereocenters. The summed E-state index contributed by atoms with van der Waals surface area (Å²) < 4.78 is 1.68. The number of aromatic nitrogens is 6. The first-order valence-electron chi connectivity index (χ1n) is 7.57. The minimum atomic E-state index is -0.316. The van der Waals surface area contributed by atoms with E-state index in [9.17, 15) is 4.79 Å². The summed E-state index contributed by atoms with van der Waals surface area (Å²) in [6.07, 6.45) is 4.42. The third kappa shape index (κ3) is 2.92. The summed E-state index contributed by atoms with van der Waals surface area (Å²) in [5.41, 5.74) is 3.22. The van der Waals surface area contributed by atoms with Crippen LogP contribution in [-0.2, 0) is 0 Å². The van der Waals surface area contributed by atoms with Crippen molar-refractivity contribution in [3.05, 3.63) is 66.5 Å². The van der Waals surface area contributed by atoms with E-state index in [4.69, 9.17) is 0 Å². The summed E-state index contributed by atoms with van der Waals surface area (Å²) in [5.74, 6) is 0.396. The van der Waals surface area contributed by atoms with Gasteiger partial charge in [0.2, 0.25) is 0 Å². The van der Waals surface area contributed by atoms with Crippen LogP contribution in [0.1, 0.15) is 16.3 Å². The maximum absolute atomic E-state index is 12.2. The summed E-state index contributed by atoms with van der Waals surface area (Å²) in [7, 11) is 0. The Bertz CT molecular complexity index is 1060. The number of carbonyl (C=O) groups excluding carboxylic acids is 1. The summed E-state index contributed by atoms with van der Waals surface area (Å²) in [6, 6.07) is 11.2. The second-order valence-electron chi connectivity index (χ2n) is 5.36. The average Bonchev–Trinajstić information content (AvgIpc) is 3.03. The van der Waals surface area contributed by atoms with Crippen molar-refractivity contribution in [1.82, 2.24) is 29.8 Å². The number of benzene rings is 1. The normalized spacial score (nSPS) is 10.8. The predicted molar refractivity (Wildman–Crippen MR) is 90.9 cm³/mol. The Labute approximate surface area is 142 Å². The van der Waals surface area contributed by atoms with Crippen molar-refractivity contribution in [3.63, 3.8) is 0 Å². The summed E-state index contributed by atoms with van der Waals surface area (Å²) in [6.45, 7) is 1.84. The Morgan fingerprint density at radius 1 is 1.12 bits per heavy atom. The van der Waals surface area contributed by atoms with Gasteiger partial charge in [-0.2, -0.15) is 9.61 Å². The monoisotopic (exact) mass is 331 g/mol. The number of hydrogen-bond acceptors (Lipinski definition) is 6. The molecule has 25 heavy (non-hydrogen) atoms. The zero-order valence-corrected chi connectivity index (χ0v) is 13.3. The second kappa shape index (κ2) is 6.08. The first-order chi connectivity index (χ1) is 12.2. The zero-order chi connectivity index (χ0) is 17.2. The lowest BCUT2D eigenvalue weighted by atomic mass is 10.1. The highest BCUT2D eigenvalue weighted by molar-refractivity contribution is 6.02. The smallest absolute Gasteiger partial charge is 0.275 e. The lowest BCUT2D eigenvalue weighted by molar-refractivity contribution is 0.102. The van der Waals surface area contributed by atoms with E-state index in [1.165, 1.54) is 18.6 Å². The molecule has 1 aromatic carbocycles. The molecule has 4 aromatic rings. The fraction of sp³-hybridized carbons (Fsp3) is 0.0588. The van der Waals surface area contributed by atoms with E-state index in [0.717, 1.165) is 11.3 Å². The van der Waals surface area contributed by atoms with Crippen LogP contribution in [0.2, 0.25) is 0 Å². The molecular weight excluding hydrogens is 318 g/mol. The van der Waals surface area contributed by atoms with Crippen LogP contribution < -0.4 is 5.32 Å². The van der Waals surface area contributed by atoms with Gasteiger partial charge < -0.3 is 5.32 Å². The van der Waals surface area contributed by atoms with Gasteiger partial charge in [0.15, 0.2) is 11.5 Å². The molecule has 3 aromatic heterocycles. The van der Waals surface area contributed by atoms with Crippen molar-refractivity contribution < 1.29 is 4.79 Å². The molecule has 8 nitrogen and oxygen atoms in total. The second-order valence-corrected chi connectivity index (χ2v) is 5.36. The zero-order valence-electron chi connectivity index (χ0n) is 13.3. The predicted octanol–water partition coefficient (Wildman–Crippen LogP) is 2.14. The molecule has 0 aliphatic rings. The number of anilines is 1. The first-order valence-corrected chi connectivity index (χ1v) is 7.57. The molecule has 3 heterocycles. The lowest BCUT2D eigenvalue weighted by Gasteiger charge is -2.07. The van der Waals surface area contributed by atoms with Crippen LogP contribution in [0, 0.1) is 6.92 Å². The molecule has 8 heteroatoms. The van der Waals surface area contributed by atoms with Gasteiger partial charge in [-0.05, 0) is 31.2 Å². The first kappa shape index (κ1) is 14.9. The van der Waals surface area contributed by atoms with Crippen LogP contribution in [0.3, 0.4) is 0 Å². The maximum atomic E-state index is 12.2. The van der Waals surface area contributed by atoms with Crippen LogP contribution in [0.5, 0.6) is 0 Å². The van der Waals surface area contributed by atoms with Gasteiger partial charge in [0, 0.05) is 23.6 Å². The van der Waals surface area contributed by atoms with Crippen molar-refractivity contribution in [1.29, 1.82) is 0 Å². The number of amides is 1. The van der Waals surface area contributed by atoms with E-state index in [-0.39, 0.29) is 11.6 Å². The standard InChI is InChI=1S/C17H13N7O/c1-11-21-22-16-6-5-14(23-24(11)16)12-3-2-4-13(9-12)20-17(25)15-10-18-7-8-19-15/h2-10H,1H3,(H,20,25). The van der Waals surface area contributed by atoms with Gasteiger partial charge in [-0.25, -0.2) is 4.98 Å². The highest BCUT2D eigenvalue weighted by Gasteiger charge is 2.09. The van der Waals surface area contributed by atoms with Gasteiger partial charge in [0.1, 0.15) is 5.69 Å². The summed E-state index contributed by atoms with van der Waals surface area (Å²) in [4.78, 5) is 20.1. The van der Waals surface area contributed by atoms with Crippen molar-refractivity contribution in [2.45, 2.75) is 6.92 Å². The molecule has 0 bridgehead atoms. The van der Waals surface area contributed by atoms with E-state index >= 15 is 0 Å². The quantitative estimate of drug-likeness (QED) is 0.617. The molecule has 0 saturated heterocycles. The van der Waals surface area contributed by atoms with Gasteiger partial charge in [0.25, 0.3) is 5.91 Å². The van der Waals surface area contributed by atoms with E-state index in [0.29, 0.717) is 17.2 Å². The number of rotatable bonds is 3. The molecule has 0 atom stereocenters. The van der Waals surface area contributed by atoms with E-state index in [2.05, 4.69) is 30.6 Å². The number of nitrogens with one attached hydrogen (secondary N) is 1. The number of carbonyl (C=O) groups is 1. The fourth-order valence-electron chi connectivity index (χ4n) is 2.42. The Kier molecular flexibility index (Phi) is 3.62. The molecule has 0 aliphatic carbocycles. The number of aryl methyl sites for hydroxylation is 1. The van der Waals surface area contributed by atoms with Crippen LogP contribution in [0.15, 0.2) is 55.0 Å². The topological polar surface area (TPSA) is 98.0 Å². The molecule has 0 fully saturated rings. The highest BCUT2D eigenvalue weighted by Crippen LogP contribution is 2.21. The molecule has 0 radical (unpaired) electrons. The molecule has 4 rings (SSSR count). The maximum Gasteiger partial charge on any atom is 0.275 e. The number of hydrogen-bond donors (Lipinski definition) is 1. The molecule has 1 amide bonds. The van der Waals surface area contributed by atoms with Crippen molar-refractivity contribution in [3.8, 4) is 11.3 Å². The Morgan fingerprint density at radius 2 is 2.04 bits per heavy atom. The molecule has 0 aliphatic heterocycles. The Hall–Kier alpha value is -3.68. The average molecular weight is 331 g/mol. The van der Waals surface area contributed by atoms with Crippen LogP contribution in [0.4, 0.5) is 5.69 Å². The molecule has 0 spiro atoms. The van der Waals surface area contributed by atoms with Gasteiger partial charge in [-0.3, -0.25) is 9.78 Å². The molecule has 0 saturated carbocycles. The van der Waals surface area contributed by atoms with E-state index < -0.39 is 0 Å². The van der Waals surface area contributed by atoms with E-state index in [1.807, 2.05) is 37.3 Å². The molecule has 122 valence electrons. The lowest BCUT2D eigenvalue weighted by Crippen LogP contribution is -2.13. The third-order valence-corrected chi connectivity index (χ3v) is 3.63. The van der Waals surface area contributed by atoms with Gasteiger partial charge >= 0.3 is 0 Å². The SMILES string of the molecule is Cc1nnc2ccc(-c3cccc(NC(=O)c4cnccn4)c3)nn12. The minimum Gasteiger partial charge on any atom is -0.321 e. The molecule has 1 N–H and O–H groups in total. The number of nitrogens with zero attached hydrogens (tertiary/aromatic N) is 6. The number of fused-ring (bicyclic) bond motifs is 1. The van der Waals surface area contributed by atoms with Gasteiger partial charge in [0.05, 0.1) is 11.9 Å². The van der Waals surface area contributed by atoms with E-state index in [1.54, 1.807) is 10.6 Å². The summed E-state index contributed by atoms with van der Waals surface area (Å²) in [5, 5.41) is 15.4. The van der Waals surface area contributed by atoms with Gasteiger partial charge in [-0.1, -0.05) is 12.1 Å². The Morgan fingerprint density at radius 3 is 2.88 bits per heavy atom. The fourth-order valence-corrected chi connectivity index (χ4v) is 2.42. The minimum absolute atomic E-state index is 0.257. The van der Waals surface area contributed by atoms with Crippen molar-refractivity contribution in [2.24, 2.45) is 0 Å². The van der Waals surface area contributed by atoms with Crippen molar-refractivity contribution in [2.75, 3.05) is 5.32 Å². The van der Waals surface area contributed by atoms with Crippen LogP contribution >= 0.6 is 0 Å². The van der Waals surface area contributed by atoms with Gasteiger partial charge in [-0.15, -0.1) is 10.2 Å². The third-order valence-electron chi connectivity index (χ3n) is 3.63.